The Morgan fingerprint density at radius 2 is 1.70 bits per heavy atom. The molecule has 2 aromatic rings. The fourth-order valence-corrected chi connectivity index (χ4v) is 2.65. The van der Waals surface area contributed by atoms with E-state index in [1.807, 2.05) is 0 Å². The van der Waals surface area contributed by atoms with E-state index in [-0.39, 0.29) is 5.01 Å². The van der Waals surface area contributed by atoms with Crippen molar-refractivity contribution in [3.63, 3.8) is 0 Å². The van der Waals surface area contributed by atoms with Crippen molar-refractivity contribution in [3.8, 4) is 0 Å². The van der Waals surface area contributed by atoms with Crippen molar-refractivity contribution in [1.82, 2.24) is 10.2 Å². The molecule has 0 saturated heterocycles. The largest absolute Gasteiger partial charge is 0.394 e. The molecule has 2 rings (SSSR count). The molecule has 0 fully saturated rings. The lowest BCUT2D eigenvalue weighted by atomic mass is 10.0. The zero-order valence-electron chi connectivity index (χ0n) is 11.7. The molecule has 1 heterocycles. The Labute approximate surface area is 140 Å². The minimum absolute atomic E-state index is 0.0538. The topological polar surface area (TPSA) is 139 Å². The number of hydrogen-bond acceptors (Lipinski definition) is 9. The van der Waals surface area contributed by atoms with Crippen LogP contribution in [0.4, 0.5) is 10.8 Å². The fraction of sp³-hybridized carbons (Fsp3) is 0.385. The molecule has 0 aliphatic rings. The molecule has 4 unspecified atom stereocenters. The smallest absolute Gasteiger partial charge is 0.210 e. The maximum atomic E-state index is 9.98. The van der Waals surface area contributed by atoms with Crippen LogP contribution >= 0.6 is 22.9 Å². The van der Waals surface area contributed by atoms with Crippen LogP contribution in [0.15, 0.2) is 24.3 Å². The van der Waals surface area contributed by atoms with Crippen molar-refractivity contribution < 1.29 is 25.5 Å². The maximum absolute atomic E-state index is 9.98. The zero-order valence-corrected chi connectivity index (χ0v) is 13.3. The van der Waals surface area contributed by atoms with Crippen LogP contribution in [0.3, 0.4) is 0 Å². The zero-order chi connectivity index (χ0) is 17.0. The molecule has 8 nitrogen and oxygen atoms in total. The summed E-state index contributed by atoms with van der Waals surface area (Å²) in [6.07, 6.45) is -6.55. The van der Waals surface area contributed by atoms with Gasteiger partial charge in [-0.3, -0.25) is 0 Å². The van der Waals surface area contributed by atoms with Crippen molar-refractivity contribution >= 4 is 33.8 Å². The van der Waals surface area contributed by atoms with Gasteiger partial charge in [0.15, 0.2) is 5.01 Å². The number of halogens is 1. The van der Waals surface area contributed by atoms with E-state index in [2.05, 4.69) is 15.5 Å². The Hall–Kier alpha value is -1.33. The minimum atomic E-state index is -1.72. The average Bonchev–Trinajstić information content (AvgIpc) is 3.02. The molecule has 0 amide bonds. The number of nitrogens with one attached hydrogen (secondary N) is 1. The summed E-state index contributed by atoms with van der Waals surface area (Å²) in [5.74, 6) is 0. The highest BCUT2D eigenvalue weighted by molar-refractivity contribution is 7.15. The van der Waals surface area contributed by atoms with Crippen LogP contribution in [0.1, 0.15) is 11.1 Å². The van der Waals surface area contributed by atoms with E-state index in [0.717, 1.165) is 11.3 Å². The van der Waals surface area contributed by atoms with E-state index < -0.39 is 31.0 Å². The van der Waals surface area contributed by atoms with Crippen LogP contribution in [-0.2, 0) is 0 Å². The lowest BCUT2D eigenvalue weighted by Crippen LogP contribution is -2.42. The molecule has 1 aromatic carbocycles. The summed E-state index contributed by atoms with van der Waals surface area (Å²) >= 11 is 6.76. The molecule has 23 heavy (non-hydrogen) atoms. The van der Waals surface area contributed by atoms with Crippen molar-refractivity contribution in [3.05, 3.63) is 34.3 Å². The predicted octanol–water partition coefficient (Wildman–Crippen LogP) is 0.0435. The van der Waals surface area contributed by atoms with Gasteiger partial charge in [0.2, 0.25) is 5.13 Å². The molecular formula is C13H16ClN3O5S. The standard InChI is InChI=1S/C13H16ClN3O5S/c14-6-1-3-7(4-2-6)15-13-17-16-12(23-13)11(22)10(21)9(20)8(19)5-18/h1-4,8-11,18-22H,5H2,(H,15,17). The van der Waals surface area contributed by atoms with Gasteiger partial charge in [-0.1, -0.05) is 22.9 Å². The van der Waals surface area contributed by atoms with Crippen LogP contribution in [0, 0.1) is 0 Å². The Morgan fingerprint density at radius 1 is 1.04 bits per heavy atom. The Balaban J connectivity index is 2.04. The highest BCUT2D eigenvalue weighted by Crippen LogP contribution is 2.28. The molecule has 10 heteroatoms. The summed E-state index contributed by atoms with van der Waals surface area (Å²) in [4.78, 5) is 0. The molecule has 0 bridgehead atoms. The van der Waals surface area contributed by atoms with Crippen molar-refractivity contribution in [2.75, 3.05) is 11.9 Å². The van der Waals surface area contributed by atoms with Crippen molar-refractivity contribution in [1.29, 1.82) is 0 Å². The highest BCUT2D eigenvalue weighted by atomic mass is 35.5. The van der Waals surface area contributed by atoms with Gasteiger partial charge in [0.05, 0.1) is 6.61 Å². The Kier molecular flexibility index (Phi) is 6.25. The number of aliphatic hydroxyl groups is 5. The van der Waals surface area contributed by atoms with Gasteiger partial charge in [-0.2, -0.15) is 0 Å². The third-order valence-electron chi connectivity index (χ3n) is 3.04. The van der Waals surface area contributed by atoms with Gasteiger partial charge >= 0.3 is 0 Å². The molecule has 0 spiro atoms. The molecule has 6 N–H and O–H groups in total. The lowest BCUT2D eigenvalue weighted by Gasteiger charge is -2.24. The number of anilines is 2. The number of benzene rings is 1. The molecular weight excluding hydrogens is 346 g/mol. The molecule has 0 aliphatic heterocycles. The van der Waals surface area contributed by atoms with E-state index in [9.17, 15) is 20.4 Å². The summed E-state index contributed by atoms with van der Waals surface area (Å²) < 4.78 is 0. The van der Waals surface area contributed by atoms with Crippen molar-refractivity contribution in [2.24, 2.45) is 0 Å². The quantitative estimate of drug-likeness (QED) is 0.406. The first-order valence-corrected chi connectivity index (χ1v) is 7.81. The van der Waals surface area contributed by atoms with E-state index >= 15 is 0 Å². The normalized spacial score (nSPS) is 16.6. The predicted molar refractivity (Wildman–Crippen MR) is 84.7 cm³/mol. The number of aromatic nitrogens is 2. The van der Waals surface area contributed by atoms with Crippen LogP contribution < -0.4 is 5.32 Å². The SMILES string of the molecule is OCC(O)C(O)C(O)C(O)c1nnc(Nc2ccc(Cl)cc2)s1. The van der Waals surface area contributed by atoms with Gasteiger partial charge < -0.3 is 30.8 Å². The fourth-order valence-electron chi connectivity index (χ4n) is 1.73. The molecule has 0 saturated carbocycles. The monoisotopic (exact) mass is 361 g/mol. The van der Waals surface area contributed by atoms with E-state index in [1.54, 1.807) is 24.3 Å². The van der Waals surface area contributed by atoms with Gasteiger partial charge in [-0.05, 0) is 24.3 Å². The van der Waals surface area contributed by atoms with E-state index in [4.69, 9.17) is 16.7 Å². The summed E-state index contributed by atoms with van der Waals surface area (Å²) in [5, 5.41) is 58.9. The van der Waals surface area contributed by atoms with E-state index in [1.165, 1.54) is 0 Å². The van der Waals surface area contributed by atoms with Gasteiger partial charge in [-0.25, -0.2) is 0 Å². The van der Waals surface area contributed by atoms with Crippen LogP contribution in [0.2, 0.25) is 5.02 Å². The third-order valence-corrected chi connectivity index (χ3v) is 4.21. The number of aliphatic hydroxyl groups excluding tert-OH is 5. The lowest BCUT2D eigenvalue weighted by molar-refractivity contribution is -0.116. The first-order valence-electron chi connectivity index (χ1n) is 6.61. The van der Waals surface area contributed by atoms with Gasteiger partial charge in [-0.15, -0.1) is 10.2 Å². The Bertz CT molecular complexity index is 626. The second-order valence-electron chi connectivity index (χ2n) is 4.75. The van der Waals surface area contributed by atoms with Gasteiger partial charge in [0.1, 0.15) is 24.4 Å². The van der Waals surface area contributed by atoms with Crippen LogP contribution in [0.25, 0.3) is 0 Å². The molecule has 1 aromatic heterocycles. The number of nitrogens with zero attached hydrogens (tertiary/aromatic N) is 2. The first kappa shape index (κ1) is 18.0. The summed E-state index contributed by atoms with van der Waals surface area (Å²) in [6.45, 7) is -0.746. The molecule has 126 valence electrons. The first-order chi connectivity index (χ1) is 10.9. The third kappa shape index (κ3) is 4.58. The second kappa shape index (κ2) is 7.97. The summed E-state index contributed by atoms with van der Waals surface area (Å²) in [7, 11) is 0. The number of hydrogen-bond donors (Lipinski definition) is 6. The Morgan fingerprint density at radius 3 is 2.30 bits per heavy atom. The number of rotatable bonds is 7. The summed E-state index contributed by atoms with van der Waals surface area (Å²) in [6, 6.07) is 6.85. The molecule has 0 aliphatic carbocycles. The minimum Gasteiger partial charge on any atom is -0.394 e. The van der Waals surface area contributed by atoms with E-state index in [0.29, 0.717) is 15.8 Å². The van der Waals surface area contributed by atoms with Crippen LogP contribution in [-0.4, -0.2) is 60.6 Å². The summed E-state index contributed by atoms with van der Waals surface area (Å²) in [5.41, 5.74) is 0.711. The molecule has 4 atom stereocenters. The van der Waals surface area contributed by atoms with Crippen LogP contribution in [0.5, 0.6) is 0 Å². The van der Waals surface area contributed by atoms with Gasteiger partial charge in [0, 0.05) is 10.7 Å². The maximum Gasteiger partial charge on any atom is 0.210 e. The average molecular weight is 362 g/mol. The van der Waals surface area contributed by atoms with Gasteiger partial charge in [0.25, 0.3) is 0 Å². The second-order valence-corrected chi connectivity index (χ2v) is 6.20. The van der Waals surface area contributed by atoms with Crippen molar-refractivity contribution in [2.45, 2.75) is 24.4 Å². The highest BCUT2D eigenvalue weighted by Gasteiger charge is 2.32. The molecule has 0 radical (unpaired) electrons.